The van der Waals surface area contributed by atoms with Crippen molar-refractivity contribution in [1.29, 1.82) is 0 Å². The van der Waals surface area contributed by atoms with Crippen LogP contribution >= 0.6 is 0 Å². The first-order valence-electron chi connectivity index (χ1n) is 10.2. The Balaban J connectivity index is 1.70. The standard InChI is InChI=1S/C23H31N3O3/c1-3-26(4-2)23(27)21-10-6-7-11-22(21)29-17-9-5-8-16-28-20-14-12-19(13-15-20)18-25-24/h6-7,10-15,18H,3-5,8-9,16-17,24H2,1-2H3. The highest BCUT2D eigenvalue weighted by Crippen LogP contribution is 2.20. The second kappa shape index (κ2) is 12.4. The second-order valence-corrected chi connectivity index (χ2v) is 6.58. The van der Waals surface area contributed by atoms with Crippen molar-refractivity contribution in [2.75, 3.05) is 26.3 Å². The van der Waals surface area contributed by atoms with Gasteiger partial charge in [0.25, 0.3) is 5.91 Å². The zero-order valence-electron chi connectivity index (χ0n) is 17.3. The van der Waals surface area contributed by atoms with Crippen molar-refractivity contribution >= 4 is 12.1 Å². The maximum Gasteiger partial charge on any atom is 0.257 e. The van der Waals surface area contributed by atoms with E-state index in [0.29, 0.717) is 37.6 Å². The number of hydrogen-bond donors (Lipinski definition) is 1. The zero-order valence-corrected chi connectivity index (χ0v) is 17.3. The Labute approximate surface area is 173 Å². The molecule has 0 heterocycles. The van der Waals surface area contributed by atoms with E-state index in [1.165, 1.54) is 0 Å². The van der Waals surface area contributed by atoms with Gasteiger partial charge in [-0.3, -0.25) is 4.79 Å². The lowest BCUT2D eigenvalue weighted by molar-refractivity contribution is 0.0768. The number of para-hydroxylation sites is 1. The molecule has 0 atom stereocenters. The summed E-state index contributed by atoms with van der Waals surface area (Å²) in [4.78, 5) is 14.4. The zero-order chi connectivity index (χ0) is 20.9. The smallest absolute Gasteiger partial charge is 0.257 e. The molecule has 0 radical (unpaired) electrons. The van der Waals surface area contributed by atoms with Crippen LogP contribution in [0.2, 0.25) is 0 Å². The van der Waals surface area contributed by atoms with Gasteiger partial charge in [-0.2, -0.15) is 5.10 Å². The number of amides is 1. The molecule has 0 fully saturated rings. The topological polar surface area (TPSA) is 77.2 Å². The lowest BCUT2D eigenvalue weighted by Crippen LogP contribution is -2.30. The van der Waals surface area contributed by atoms with Gasteiger partial charge in [-0.25, -0.2) is 0 Å². The van der Waals surface area contributed by atoms with Gasteiger partial charge < -0.3 is 20.2 Å². The summed E-state index contributed by atoms with van der Waals surface area (Å²) in [6.45, 7) is 6.57. The third-order valence-corrected chi connectivity index (χ3v) is 4.59. The molecule has 0 spiro atoms. The van der Waals surface area contributed by atoms with Crippen LogP contribution in [0.1, 0.15) is 49.0 Å². The molecule has 156 valence electrons. The number of carbonyl (C=O) groups excluding carboxylic acids is 1. The lowest BCUT2D eigenvalue weighted by atomic mass is 10.1. The number of nitrogens with two attached hydrogens (primary N) is 1. The molecule has 29 heavy (non-hydrogen) atoms. The van der Waals surface area contributed by atoms with Crippen molar-refractivity contribution in [2.24, 2.45) is 10.9 Å². The Morgan fingerprint density at radius 2 is 1.62 bits per heavy atom. The maximum absolute atomic E-state index is 12.6. The highest BCUT2D eigenvalue weighted by Gasteiger charge is 2.16. The van der Waals surface area contributed by atoms with Crippen LogP contribution in [0.25, 0.3) is 0 Å². The van der Waals surface area contributed by atoms with E-state index in [4.69, 9.17) is 15.3 Å². The van der Waals surface area contributed by atoms with Crippen molar-refractivity contribution < 1.29 is 14.3 Å². The van der Waals surface area contributed by atoms with Crippen LogP contribution in [0.15, 0.2) is 53.6 Å². The summed E-state index contributed by atoms with van der Waals surface area (Å²) >= 11 is 0. The van der Waals surface area contributed by atoms with Crippen molar-refractivity contribution in [3.05, 3.63) is 59.7 Å². The van der Waals surface area contributed by atoms with Gasteiger partial charge in [-0.15, -0.1) is 0 Å². The number of carbonyl (C=O) groups is 1. The van der Waals surface area contributed by atoms with Crippen molar-refractivity contribution in [3.63, 3.8) is 0 Å². The van der Waals surface area contributed by atoms with Crippen molar-refractivity contribution in [3.8, 4) is 11.5 Å². The molecular formula is C23H31N3O3. The molecule has 0 saturated heterocycles. The van der Waals surface area contributed by atoms with Crippen LogP contribution < -0.4 is 15.3 Å². The third kappa shape index (κ3) is 7.14. The first kappa shape index (κ1) is 22.3. The fourth-order valence-corrected chi connectivity index (χ4v) is 2.94. The normalized spacial score (nSPS) is 10.8. The quantitative estimate of drug-likeness (QED) is 0.253. The van der Waals surface area contributed by atoms with Gasteiger partial charge in [0, 0.05) is 13.1 Å². The Kier molecular flexibility index (Phi) is 9.55. The van der Waals surface area contributed by atoms with Gasteiger partial charge in [0.15, 0.2) is 0 Å². The minimum absolute atomic E-state index is 0.0164. The van der Waals surface area contributed by atoms with E-state index >= 15 is 0 Å². The monoisotopic (exact) mass is 397 g/mol. The van der Waals surface area contributed by atoms with E-state index in [1.54, 1.807) is 11.1 Å². The molecule has 0 saturated carbocycles. The second-order valence-electron chi connectivity index (χ2n) is 6.58. The summed E-state index contributed by atoms with van der Waals surface area (Å²) in [5.74, 6) is 6.64. The molecule has 0 bridgehead atoms. The summed E-state index contributed by atoms with van der Waals surface area (Å²) < 4.78 is 11.6. The molecule has 2 N–H and O–H groups in total. The number of ether oxygens (including phenoxy) is 2. The van der Waals surface area contributed by atoms with Gasteiger partial charge in [0.05, 0.1) is 25.0 Å². The molecule has 6 heteroatoms. The predicted molar refractivity (Wildman–Crippen MR) is 117 cm³/mol. The molecule has 2 aromatic rings. The Bertz CT molecular complexity index is 771. The predicted octanol–water partition coefficient (Wildman–Crippen LogP) is 4.09. The average Bonchev–Trinajstić information content (AvgIpc) is 2.75. The Morgan fingerprint density at radius 3 is 2.28 bits per heavy atom. The van der Waals surface area contributed by atoms with E-state index in [9.17, 15) is 4.79 Å². The first-order chi connectivity index (χ1) is 14.2. The summed E-state index contributed by atoms with van der Waals surface area (Å²) in [5, 5.41) is 3.49. The minimum atomic E-state index is 0.0164. The average molecular weight is 398 g/mol. The maximum atomic E-state index is 12.6. The fraction of sp³-hybridized carbons (Fsp3) is 0.391. The van der Waals surface area contributed by atoms with Crippen molar-refractivity contribution in [2.45, 2.75) is 33.1 Å². The fourth-order valence-electron chi connectivity index (χ4n) is 2.94. The molecule has 0 aliphatic heterocycles. The largest absolute Gasteiger partial charge is 0.494 e. The summed E-state index contributed by atoms with van der Waals surface area (Å²) in [6.07, 6.45) is 4.43. The molecule has 0 aliphatic rings. The van der Waals surface area contributed by atoms with Crippen LogP contribution in [0.3, 0.4) is 0 Å². The number of rotatable bonds is 12. The highest BCUT2D eigenvalue weighted by atomic mass is 16.5. The molecule has 2 rings (SSSR count). The van der Waals surface area contributed by atoms with E-state index in [0.717, 1.165) is 30.6 Å². The summed E-state index contributed by atoms with van der Waals surface area (Å²) in [7, 11) is 0. The third-order valence-electron chi connectivity index (χ3n) is 4.59. The lowest BCUT2D eigenvalue weighted by Gasteiger charge is -2.20. The molecule has 1 amide bonds. The molecule has 0 aliphatic carbocycles. The number of benzene rings is 2. The molecular weight excluding hydrogens is 366 g/mol. The molecule has 0 unspecified atom stereocenters. The van der Waals surface area contributed by atoms with Crippen molar-refractivity contribution in [1.82, 2.24) is 4.90 Å². The van der Waals surface area contributed by atoms with E-state index in [1.807, 2.05) is 62.4 Å². The minimum Gasteiger partial charge on any atom is -0.494 e. The van der Waals surface area contributed by atoms with E-state index in [-0.39, 0.29) is 5.91 Å². The van der Waals surface area contributed by atoms with Gasteiger partial charge in [0.2, 0.25) is 0 Å². The van der Waals surface area contributed by atoms with Gasteiger partial charge in [-0.05, 0) is 75.1 Å². The number of hydrazone groups is 1. The molecule has 0 aromatic heterocycles. The van der Waals surface area contributed by atoms with Gasteiger partial charge in [0.1, 0.15) is 11.5 Å². The SMILES string of the molecule is CCN(CC)C(=O)c1ccccc1OCCCCCOc1ccc(C=NN)cc1. The molecule has 6 nitrogen and oxygen atoms in total. The number of unbranched alkanes of at least 4 members (excludes halogenated alkanes) is 2. The number of hydrogen-bond acceptors (Lipinski definition) is 5. The van der Waals surface area contributed by atoms with Gasteiger partial charge in [-0.1, -0.05) is 12.1 Å². The Morgan fingerprint density at radius 1 is 0.966 bits per heavy atom. The summed E-state index contributed by atoms with van der Waals surface area (Å²) in [5.41, 5.74) is 1.57. The molecule has 2 aromatic carbocycles. The van der Waals surface area contributed by atoms with Crippen LogP contribution in [-0.2, 0) is 0 Å². The van der Waals surface area contributed by atoms with E-state index in [2.05, 4.69) is 5.10 Å². The first-order valence-corrected chi connectivity index (χ1v) is 10.2. The van der Waals surface area contributed by atoms with Gasteiger partial charge >= 0.3 is 0 Å². The highest BCUT2D eigenvalue weighted by molar-refractivity contribution is 5.96. The van der Waals surface area contributed by atoms with Crippen LogP contribution in [0, 0.1) is 0 Å². The Hall–Kier alpha value is -3.02. The summed E-state index contributed by atoms with van der Waals surface area (Å²) in [6, 6.07) is 15.1. The van der Waals surface area contributed by atoms with Crippen LogP contribution in [0.4, 0.5) is 0 Å². The number of nitrogens with zero attached hydrogens (tertiary/aromatic N) is 2. The van der Waals surface area contributed by atoms with Crippen LogP contribution in [0.5, 0.6) is 11.5 Å². The van der Waals surface area contributed by atoms with Crippen LogP contribution in [-0.4, -0.2) is 43.3 Å². The van der Waals surface area contributed by atoms with E-state index < -0.39 is 0 Å².